The van der Waals surface area contributed by atoms with Gasteiger partial charge < -0.3 is 16.2 Å². The number of benzene rings is 1. The Labute approximate surface area is 97.8 Å². The van der Waals surface area contributed by atoms with Gasteiger partial charge >= 0.3 is 0 Å². The van der Waals surface area contributed by atoms with Crippen molar-refractivity contribution in [3.8, 4) is 5.75 Å². The van der Waals surface area contributed by atoms with E-state index in [0.717, 1.165) is 37.1 Å². The van der Waals surface area contributed by atoms with Gasteiger partial charge in [-0.15, -0.1) is 0 Å². The minimum Gasteiger partial charge on any atom is -0.494 e. The van der Waals surface area contributed by atoms with Crippen LogP contribution in [-0.2, 0) is 0 Å². The second kappa shape index (κ2) is 7.25. The Morgan fingerprint density at radius 3 is 2.69 bits per heavy atom. The topological polar surface area (TPSA) is 61.3 Å². The number of hydrogen-bond acceptors (Lipinski definition) is 3. The largest absolute Gasteiger partial charge is 0.494 e. The van der Waals surface area contributed by atoms with Gasteiger partial charge in [0.25, 0.3) is 0 Å². The van der Waals surface area contributed by atoms with E-state index in [1.165, 1.54) is 0 Å². The van der Waals surface area contributed by atoms with Crippen molar-refractivity contribution in [2.24, 2.45) is 11.5 Å². The predicted octanol–water partition coefficient (Wildman–Crippen LogP) is 2.21. The molecule has 0 spiro atoms. The van der Waals surface area contributed by atoms with E-state index in [4.69, 9.17) is 16.2 Å². The van der Waals surface area contributed by atoms with E-state index in [1.807, 2.05) is 31.2 Å². The SMILES string of the molecule is CCOc1ccccc1[C@@H](N)CCCCN. The zero-order valence-electron chi connectivity index (χ0n) is 9.99. The van der Waals surface area contributed by atoms with Crippen molar-refractivity contribution in [1.82, 2.24) is 0 Å². The molecule has 90 valence electrons. The third kappa shape index (κ3) is 3.83. The van der Waals surface area contributed by atoms with E-state index in [-0.39, 0.29) is 6.04 Å². The summed E-state index contributed by atoms with van der Waals surface area (Å²) in [6.45, 7) is 3.39. The van der Waals surface area contributed by atoms with Crippen LogP contribution in [-0.4, -0.2) is 13.2 Å². The molecule has 0 aromatic heterocycles. The summed E-state index contributed by atoms with van der Waals surface area (Å²) < 4.78 is 5.56. The molecule has 4 N–H and O–H groups in total. The zero-order chi connectivity index (χ0) is 11.8. The lowest BCUT2D eigenvalue weighted by Crippen LogP contribution is -2.12. The Morgan fingerprint density at radius 2 is 2.00 bits per heavy atom. The number of ether oxygens (including phenoxy) is 1. The molecule has 16 heavy (non-hydrogen) atoms. The maximum Gasteiger partial charge on any atom is 0.124 e. The minimum absolute atomic E-state index is 0.0503. The van der Waals surface area contributed by atoms with Gasteiger partial charge in [-0.05, 0) is 32.4 Å². The fourth-order valence-electron chi connectivity index (χ4n) is 1.74. The fraction of sp³-hybridized carbons (Fsp3) is 0.538. The second-order valence-corrected chi connectivity index (χ2v) is 3.86. The highest BCUT2D eigenvalue weighted by atomic mass is 16.5. The van der Waals surface area contributed by atoms with Crippen LogP contribution in [0.1, 0.15) is 37.8 Å². The van der Waals surface area contributed by atoms with E-state index >= 15 is 0 Å². The molecule has 0 aliphatic carbocycles. The third-order valence-corrected chi connectivity index (χ3v) is 2.59. The zero-order valence-corrected chi connectivity index (χ0v) is 9.99. The quantitative estimate of drug-likeness (QED) is 0.695. The summed E-state index contributed by atoms with van der Waals surface area (Å²) in [5.41, 5.74) is 12.7. The summed E-state index contributed by atoms with van der Waals surface area (Å²) in [4.78, 5) is 0. The van der Waals surface area contributed by atoms with E-state index < -0.39 is 0 Å². The Hall–Kier alpha value is -1.06. The molecule has 1 aromatic carbocycles. The van der Waals surface area contributed by atoms with Crippen LogP contribution < -0.4 is 16.2 Å². The molecule has 0 unspecified atom stereocenters. The number of nitrogens with two attached hydrogens (primary N) is 2. The van der Waals surface area contributed by atoms with Gasteiger partial charge in [0.2, 0.25) is 0 Å². The third-order valence-electron chi connectivity index (χ3n) is 2.59. The van der Waals surface area contributed by atoms with Crippen LogP contribution in [0, 0.1) is 0 Å². The second-order valence-electron chi connectivity index (χ2n) is 3.86. The van der Waals surface area contributed by atoms with Gasteiger partial charge in [0.1, 0.15) is 5.75 Å². The highest BCUT2D eigenvalue weighted by Crippen LogP contribution is 2.26. The number of hydrogen-bond donors (Lipinski definition) is 2. The molecular formula is C13H22N2O. The average Bonchev–Trinajstić information content (AvgIpc) is 2.30. The normalized spacial score (nSPS) is 12.4. The van der Waals surface area contributed by atoms with Crippen molar-refractivity contribution in [3.63, 3.8) is 0 Å². The summed E-state index contributed by atoms with van der Waals surface area (Å²) in [6.07, 6.45) is 3.06. The van der Waals surface area contributed by atoms with Crippen LogP contribution in [0.25, 0.3) is 0 Å². The lowest BCUT2D eigenvalue weighted by molar-refractivity contribution is 0.333. The molecule has 0 aliphatic rings. The van der Waals surface area contributed by atoms with Crippen LogP contribution in [0.3, 0.4) is 0 Å². The van der Waals surface area contributed by atoms with Crippen molar-refractivity contribution in [2.45, 2.75) is 32.2 Å². The number of para-hydroxylation sites is 1. The van der Waals surface area contributed by atoms with E-state index in [9.17, 15) is 0 Å². The molecule has 1 atom stereocenters. The number of rotatable bonds is 7. The lowest BCUT2D eigenvalue weighted by atomic mass is 10.0. The van der Waals surface area contributed by atoms with Crippen LogP contribution in [0.15, 0.2) is 24.3 Å². The van der Waals surface area contributed by atoms with Gasteiger partial charge in [-0.1, -0.05) is 24.6 Å². The van der Waals surface area contributed by atoms with E-state index in [2.05, 4.69) is 0 Å². The van der Waals surface area contributed by atoms with Crippen LogP contribution >= 0.6 is 0 Å². The average molecular weight is 222 g/mol. The monoisotopic (exact) mass is 222 g/mol. The smallest absolute Gasteiger partial charge is 0.124 e. The Bertz CT molecular complexity index is 302. The molecule has 0 aliphatic heterocycles. The van der Waals surface area contributed by atoms with Crippen LogP contribution in [0.2, 0.25) is 0 Å². The maximum atomic E-state index is 6.15. The van der Waals surface area contributed by atoms with Crippen molar-refractivity contribution in [3.05, 3.63) is 29.8 Å². The summed E-state index contributed by atoms with van der Waals surface area (Å²) >= 11 is 0. The minimum atomic E-state index is 0.0503. The summed E-state index contributed by atoms with van der Waals surface area (Å²) in [5.74, 6) is 0.908. The van der Waals surface area contributed by atoms with Crippen molar-refractivity contribution in [2.75, 3.05) is 13.2 Å². The van der Waals surface area contributed by atoms with Crippen LogP contribution in [0.5, 0.6) is 5.75 Å². The first kappa shape index (κ1) is 13.0. The van der Waals surface area contributed by atoms with Crippen molar-refractivity contribution < 1.29 is 4.74 Å². The molecule has 3 heteroatoms. The van der Waals surface area contributed by atoms with Crippen molar-refractivity contribution >= 4 is 0 Å². The molecule has 3 nitrogen and oxygen atoms in total. The number of unbranched alkanes of at least 4 members (excludes halogenated alkanes) is 1. The van der Waals surface area contributed by atoms with Gasteiger partial charge in [0, 0.05) is 11.6 Å². The van der Waals surface area contributed by atoms with Gasteiger partial charge in [-0.3, -0.25) is 0 Å². The van der Waals surface area contributed by atoms with E-state index in [0.29, 0.717) is 6.61 Å². The first-order valence-corrected chi connectivity index (χ1v) is 5.97. The predicted molar refractivity (Wildman–Crippen MR) is 67.4 cm³/mol. The van der Waals surface area contributed by atoms with Gasteiger partial charge in [0.15, 0.2) is 0 Å². The summed E-state index contributed by atoms with van der Waals surface area (Å²) in [5, 5.41) is 0. The highest BCUT2D eigenvalue weighted by Gasteiger charge is 2.10. The summed E-state index contributed by atoms with van der Waals surface area (Å²) in [7, 11) is 0. The standard InChI is InChI=1S/C13H22N2O/c1-2-16-13-9-4-3-7-11(13)12(15)8-5-6-10-14/h3-4,7,9,12H,2,5-6,8,10,14-15H2,1H3/t12-/m0/s1. The first-order chi connectivity index (χ1) is 7.79. The molecule has 0 saturated heterocycles. The molecule has 1 aromatic rings. The Kier molecular flexibility index (Phi) is 5.90. The fourth-order valence-corrected chi connectivity index (χ4v) is 1.74. The Morgan fingerprint density at radius 1 is 1.25 bits per heavy atom. The molecule has 0 bridgehead atoms. The molecule has 1 rings (SSSR count). The molecule has 0 amide bonds. The summed E-state index contributed by atoms with van der Waals surface area (Å²) in [6, 6.07) is 8.04. The highest BCUT2D eigenvalue weighted by molar-refractivity contribution is 5.35. The first-order valence-electron chi connectivity index (χ1n) is 5.97. The van der Waals surface area contributed by atoms with Crippen LogP contribution in [0.4, 0.5) is 0 Å². The molecule has 0 fully saturated rings. The van der Waals surface area contributed by atoms with E-state index in [1.54, 1.807) is 0 Å². The molecule has 0 heterocycles. The van der Waals surface area contributed by atoms with Gasteiger partial charge in [-0.2, -0.15) is 0 Å². The lowest BCUT2D eigenvalue weighted by Gasteiger charge is -2.16. The Balaban J connectivity index is 2.62. The molecule has 0 saturated carbocycles. The molecular weight excluding hydrogens is 200 g/mol. The van der Waals surface area contributed by atoms with Gasteiger partial charge in [0.05, 0.1) is 6.61 Å². The van der Waals surface area contributed by atoms with Crippen molar-refractivity contribution in [1.29, 1.82) is 0 Å². The molecule has 0 radical (unpaired) electrons. The maximum absolute atomic E-state index is 6.15. The van der Waals surface area contributed by atoms with Gasteiger partial charge in [-0.25, -0.2) is 0 Å².